The predicted octanol–water partition coefficient (Wildman–Crippen LogP) is 1.39. The van der Waals surface area contributed by atoms with Crippen molar-refractivity contribution in [1.29, 1.82) is 0 Å². The molecule has 0 aliphatic carbocycles. The van der Waals surface area contributed by atoms with Crippen LogP contribution in [0.1, 0.15) is 34.1 Å². The Morgan fingerprint density at radius 2 is 2.04 bits per heavy atom. The van der Waals surface area contributed by atoms with Gasteiger partial charge < -0.3 is 19.1 Å². The summed E-state index contributed by atoms with van der Waals surface area (Å²) in [5.74, 6) is -2.15. The molecule has 2 fully saturated rings. The fraction of sp³-hybridized carbons (Fsp3) is 0.812. The zero-order chi connectivity index (χ0) is 17.2. The molecule has 23 heavy (non-hydrogen) atoms. The molecule has 0 unspecified atom stereocenters. The minimum Gasteiger partial charge on any atom is -0.465 e. The Morgan fingerprint density at radius 3 is 2.65 bits per heavy atom. The number of rotatable bonds is 2. The molecular formula is C16H25NO6. The van der Waals surface area contributed by atoms with Crippen LogP contribution in [0.3, 0.4) is 0 Å². The lowest BCUT2D eigenvalue weighted by atomic mass is 9.82. The van der Waals surface area contributed by atoms with Crippen LogP contribution in [-0.4, -0.2) is 60.8 Å². The highest BCUT2D eigenvalue weighted by atomic mass is 16.6. The van der Waals surface area contributed by atoms with E-state index < -0.39 is 29.5 Å². The third-order valence-electron chi connectivity index (χ3n) is 3.96. The van der Waals surface area contributed by atoms with Gasteiger partial charge in [0.2, 0.25) is 0 Å². The minimum atomic E-state index is -0.894. The van der Waals surface area contributed by atoms with Crippen molar-refractivity contribution in [2.45, 2.75) is 45.8 Å². The molecule has 2 heterocycles. The van der Waals surface area contributed by atoms with Gasteiger partial charge in [-0.2, -0.15) is 0 Å². The standard InChI is InChI=1S/C16H25NO6/c1-5-21-14(19)11-9-22-12-6-7-17(8-10(12)13(11)18)15(20)23-16(2,3)4/h10-12H,5-9H2,1-4H3/t10-,11+,12+/m0/s1. The molecule has 0 N–H and O–H groups in total. The second-order valence-electron chi connectivity index (χ2n) is 6.90. The van der Waals surface area contributed by atoms with Crippen molar-refractivity contribution in [3.63, 3.8) is 0 Å². The lowest BCUT2D eigenvalue weighted by Gasteiger charge is -2.41. The van der Waals surface area contributed by atoms with Crippen molar-refractivity contribution in [3.05, 3.63) is 0 Å². The van der Waals surface area contributed by atoms with E-state index >= 15 is 0 Å². The largest absolute Gasteiger partial charge is 0.465 e. The van der Waals surface area contributed by atoms with Crippen LogP contribution in [0.5, 0.6) is 0 Å². The summed E-state index contributed by atoms with van der Waals surface area (Å²) in [5.41, 5.74) is -0.589. The Kier molecular flexibility index (Phi) is 5.29. The first-order valence-corrected chi connectivity index (χ1v) is 8.03. The number of esters is 1. The maximum absolute atomic E-state index is 12.6. The highest BCUT2D eigenvalue weighted by Gasteiger charge is 2.46. The first-order chi connectivity index (χ1) is 10.7. The number of piperidine rings is 1. The van der Waals surface area contributed by atoms with Crippen molar-refractivity contribution in [2.75, 3.05) is 26.3 Å². The van der Waals surface area contributed by atoms with Crippen LogP contribution in [-0.2, 0) is 23.8 Å². The monoisotopic (exact) mass is 327 g/mol. The molecule has 2 saturated heterocycles. The van der Waals surface area contributed by atoms with E-state index in [0.29, 0.717) is 13.0 Å². The second-order valence-corrected chi connectivity index (χ2v) is 6.90. The van der Waals surface area contributed by atoms with Gasteiger partial charge in [-0.15, -0.1) is 0 Å². The van der Waals surface area contributed by atoms with Crippen LogP contribution in [0.25, 0.3) is 0 Å². The molecule has 2 aliphatic rings. The predicted molar refractivity (Wildman–Crippen MR) is 80.8 cm³/mol. The summed E-state index contributed by atoms with van der Waals surface area (Å²) in [6.45, 7) is 8.06. The summed E-state index contributed by atoms with van der Waals surface area (Å²) in [6.07, 6.45) is -0.126. The van der Waals surface area contributed by atoms with Gasteiger partial charge in [-0.05, 0) is 34.1 Å². The van der Waals surface area contributed by atoms with E-state index in [1.54, 1.807) is 27.7 Å². The molecule has 2 aliphatic heterocycles. The smallest absolute Gasteiger partial charge is 0.410 e. The summed E-state index contributed by atoms with van der Waals surface area (Å²) >= 11 is 0. The van der Waals surface area contributed by atoms with Crippen molar-refractivity contribution in [2.24, 2.45) is 11.8 Å². The topological polar surface area (TPSA) is 82.1 Å². The third kappa shape index (κ3) is 4.22. The van der Waals surface area contributed by atoms with Crippen molar-refractivity contribution in [1.82, 2.24) is 4.90 Å². The van der Waals surface area contributed by atoms with Gasteiger partial charge in [0, 0.05) is 13.1 Å². The van der Waals surface area contributed by atoms with Crippen LogP contribution in [0, 0.1) is 11.8 Å². The van der Waals surface area contributed by atoms with Crippen molar-refractivity contribution in [3.8, 4) is 0 Å². The summed E-state index contributed by atoms with van der Waals surface area (Å²) in [4.78, 5) is 38.1. The maximum atomic E-state index is 12.6. The Bertz CT molecular complexity index is 483. The highest BCUT2D eigenvalue weighted by Crippen LogP contribution is 2.30. The van der Waals surface area contributed by atoms with Crippen LogP contribution < -0.4 is 0 Å². The molecule has 2 rings (SSSR count). The molecule has 1 amide bonds. The fourth-order valence-corrected chi connectivity index (χ4v) is 2.88. The number of hydrogen-bond donors (Lipinski definition) is 0. The number of ketones is 1. The molecular weight excluding hydrogens is 302 g/mol. The molecule has 0 aromatic heterocycles. The van der Waals surface area contributed by atoms with Crippen LogP contribution in [0.15, 0.2) is 0 Å². The summed E-state index contributed by atoms with van der Waals surface area (Å²) in [6, 6.07) is 0. The average molecular weight is 327 g/mol. The second kappa shape index (κ2) is 6.86. The van der Waals surface area contributed by atoms with Gasteiger partial charge >= 0.3 is 12.1 Å². The van der Waals surface area contributed by atoms with E-state index in [-0.39, 0.29) is 31.6 Å². The number of Topliss-reactive ketones (excluding diaryl/α,β-unsaturated/α-hetero) is 1. The maximum Gasteiger partial charge on any atom is 0.410 e. The minimum absolute atomic E-state index is 0.0608. The van der Waals surface area contributed by atoms with Gasteiger partial charge in [0.05, 0.1) is 25.2 Å². The van der Waals surface area contributed by atoms with Gasteiger partial charge in [-0.3, -0.25) is 9.59 Å². The molecule has 0 radical (unpaired) electrons. The number of carbonyl (C=O) groups is 3. The van der Waals surface area contributed by atoms with Gasteiger partial charge in [0.25, 0.3) is 0 Å². The molecule has 0 aromatic carbocycles. The van der Waals surface area contributed by atoms with Gasteiger partial charge in [0.1, 0.15) is 11.5 Å². The van der Waals surface area contributed by atoms with E-state index in [2.05, 4.69) is 0 Å². The summed E-state index contributed by atoms with van der Waals surface area (Å²) in [5, 5.41) is 0. The number of nitrogens with zero attached hydrogens (tertiary/aromatic N) is 1. The molecule has 7 nitrogen and oxygen atoms in total. The van der Waals surface area contributed by atoms with E-state index in [4.69, 9.17) is 14.2 Å². The highest BCUT2D eigenvalue weighted by molar-refractivity contribution is 6.01. The molecule has 0 saturated carbocycles. The molecule has 130 valence electrons. The zero-order valence-corrected chi connectivity index (χ0v) is 14.2. The number of fused-ring (bicyclic) bond motifs is 1. The first kappa shape index (κ1) is 17.7. The van der Waals surface area contributed by atoms with Crippen LogP contribution >= 0.6 is 0 Å². The third-order valence-corrected chi connectivity index (χ3v) is 3.96. The number of amides is 1. The van der Waals surface area contributed by atoms with E-state index in [1.165, 1.54) is 4.90 Å². The number of likely N-dealkylation sites (tertiary alicyclic amines) is 1. The van der Waals surface area contributed by atoms with Crippen molar-refractivity contribution < 1.29 is 28.6 Å². The quantitative estimate of drug-likeness (QED) is 0.563. The fourth-order valence-electron chi connectivity index (χ4n) is 2.88. The van der Waals surface area contributed by atoms with E-state index in [0.717, 1.165) is 0 Å². The van der Waals surface area contributed by atoms with Gasteiger partial charge in [0.15, 0.2) is 5.78 Å². The van der Waals surface area contributed by atoms with Gasteiger partial charge in [-0.25, -0.2) is 4.79 Å². The van der Waals surface area contributed by atoms with Gasteiger partial charge in [-0.1, -0.05) is 0 Å². The van der Waals surface area contributed by atoms with E-state index in [1.807, 2.05) is 0 Å². The lowest BCUT2D eigenvalue weighted by Crippen LogP contribution is -2.56. The lowest BCUT2D eigenvalue weighted by molar-refractivity contribution is -0.168. The SMILES string of the molecule is CCOC(=O)[C@@H]1CO[C@@H]2CCN(C(=O)OC(C)(C)C)C[C@@H]2C1=O. The van der Waals surface area contributed by atoms with Crippen molar-refractivity contribution >= 4 is 17.8 Å². The summed E-state index contributed by atoms with van der Waals surface area (Å²) < 4.78 is 15.9. The zero-order valence-electron chi connectivity index (χ0n) is 14.2. The number of ether oxygens (including phenoxy) is 3. The van der Waals surface area contributed by atoms with Crippen LogP contribution in [0.2, 0.25) is 0 Å². The molecule has 0 aromatic rings. The van der Waals surface area contributed by atoms with Crippen LogP contribution in [0.4, 0.5) is 4.79 Å². The number of hydrogen-bond acceptors (Lipinski definition) is 6. The average Bonchev–Trinajstić information content (AvgIpc) is 2.45. The Hall–Kier alpha value is -1.63. The molecule has 3 atom stereocenters. The Morgan fingerprint density at radius 1 is 1.35 bits per heavy atom. The normalized spacial score (nSPS) is 28.1. The number of carbonyl (C=O) groups excluding carboxylic acids is 3. The molecule has 7 heteroatoms. The molecule has 0 bridgehead atoms. The molecule has 0 spiro atoms. The Labute approximate surface area is 136 Å². The first-order valence-electron chi connectivity index (χ1n) is 8.03. The summed E-state index contributed by atoms with van der Waals surface area (Å²) in [7, 11) is 0. The van der Waals surface area contributed by atoms with E-state index in [9.17, 15) is 14.4 Å². The Balaban J connectivity index is 2.03.